The van der Waals surface area contributed by atoms with Crippen molar-refractivity contribution in [3.8, 4) is 11.3 Å². The second-order valence-electron chi connectivity index (χ2n) is 5.70. The van der Waals surface area contributed by atoms with E-state index in [2.05, 4.69) is 39.9 Å². The lowest BCUT2D eigenvalue weighted by Crippen LogP contribution is -2.19. The van der Waals surface area contributed by atoms with Gasteiger partial charge in [-0.15, -0.1) is 0 Å². The summed E-state index contributed by atoms with van der Waals surface area (Å²) in [6.07, 6.45) is 4.54. The molecule has 0 spiro atoms. The number of rotatable bonds is 4. The third-order valence-corrected chi connectivity index (χ3v) is 4.10. The first-order chi connectivity index (χ1) is 10.5. The van der Waals surface area contributed by atoms with Crippen molar-refractivity contribution in [3.63, 3.8) is 0 Å². The van der Waals surface area contributed by atoms with Gasteiger partial charge in [0.15, 0.2) is 5.65 Å². The van der Waals surface area contributed by atoms with Gasteiger partial charge >= 0.3 is 0 Å². The number of nitrogens with zero attached hydrogens (tertiary/aromatic N) is 4. The molecule has 3 aromatic heterocycles. The molecule has 0 fully saturated rings. The zero-order valence-electron chi connectivity index (χ0n) is 12.5. The van der Waals surface area contributed by atoms with Crippen LogP contribution in [0.15, 0.2) is 46.1 Å². The zero-order chi connectivity index (χ0) is 15.7. The van der Waals surface area contributed by atoms with Crippen LogP contribution in [0.25, 0.3) is 16.9 Å². The summed E-state index contributed by atoms with van der Waals surface area (Å²) in [5.41, 5.74) is 2.33. The lowest BCUT2D eigenvalue weighted by molar-refractivity contribution is 0.508. The normalized spacial score (nSPS) is 11.5. The average molecular weight is 361 g/mol. The van der Waals surface area contributed by atoms with Gasteiger partial charge in [0.25, 0.3) is 5.56 Å². The predicted octanol–water partition coefficient (Wildman–Crippen LogP) is 3.37. The maximum atomic E-state index is 12.2. The number of hydrogen-bond donors (Lipinski definition) is 0. The highest BCUT2D eigenvalue weighted by molar-refractivity contribution is 9.10. The molecule has 0 saturated heterocycles. The third-order valence-electron chi connectivity index (χ3n) is 3.56. The minimum Gasteiger partial charge on any atom is -0.315 e. The minimum atomic E-state index is 0.00439. The lowest BCUT2D eigenvalue weighted by Gasteiger charge is -2.09. The predicted molar refractivity (Wildman–Crippen MR) is 89.8 cm³/mol. The molecule has 3 aromatic rings. The Bertz CT molecular complexity index is 866. The number of halogens is 1. The average Bonchev–Trinajstić information content (AvgIpc) is 2.87. The van der Waals surface area contributed by atoms with Crippen molar-refractivity contribution in [2.45, 2.75) is 26.8 Å². The van der Waals surface area contributed by atoms with Gasteiger partial charge in [0, 0.05) is 24.4 Å². The zero-order valence-corrected chi connectivity index (χ0v) is 14.1. The van der Waals surface area contributed by atoms with Crippen LogP contribution in [-0.4, -0.2) is 19.2 Å². The SMILES string of the molecule is CC(C)CCn1ccc(-c2ccc3ncc(Br)n3n2)cc1=O. The Morgan fingerprint density at radius 3 is 2.82 bits per heavy atom. The molecule has 0 aromatic carbocycles. The van der Waals surface area contributed by atoms with E-state index in [0.717, 1.165) is 34.5 Å². The summed E-state index contributed by atoms with van der Waals surface area (Å²) >= 11 is 3.41. The molecular formula is C16H17BrN4O. The second kappa shape index (κ2) is 6.04. The van der Waals surface area contributed by atoms with E-state index in [1.807, 2.05) is 24.4 Å². The quantitative estimate of drug-likeness (QED) is 0.716. The molecule has 0 bridgehead atoms. The topological polar surface area (TPSA) is 52.2 Å². The lowest BCUT2D eigenvalue weighted by atomic mass is 10.1. The number of aromatic nitrogens is 4. The first-order valence-corrected chi connectivity index (χ1v) is 8.05. The smallest absolute Gasteiger partial charge is 0.251 e. The van der Waals surface area contributed by atoms with Crippen molar-refractivity contribution in [2.24, 2.45) is 5.92 Å². The summed E-state index contributed by atoms with van der Waals surface area (Å²) in [6.45, 7) is 5.05. The highest BCUT2D eigenvalue weighted by atomic mass is 79.9. The summed E-state index contributed by atoms with van der Waals surface area (Å²) in [5.74, 6) is 0.578. The Morgan fingerprint density at radius 1 is 1.27 bits per heavy atom. The maximum absolute atomic E-state index is 12.2. The van der Waals surface area contributed by atoms with Crippen LogP contribution in [0.3, 0.4) is 0 Å². The van der Waals surface area contributed by atoms with Gasteiger partial charge in [-0.05, 0) is 46.5 Å². The van der Waals surface area contributed by atoms with Crippen LogP contribution in [0.4, 0.5) is 0 Å². The van der Waals surface area contributed by atoms with E-state index in [9.17, 15) is 4.79 Å². The van der Waals surface area contributed by atoms with Crippen LogP contribution in [0.1, 0.15) is 20.3 Å². The molecule has 0 saturated carbocycles. The Morgan fingerprint density at radius 2 is 2.09 bits per heavy atom. The Labute approximate surface area is 136 Å². The molecule has 3 rings (SSSR count). The van der Waals surface area contributed by atoms with E-state index in [1.54, 1.807) is 21.3 Å². The minimum absolute atomic E-state index is 0.00439. The number of hydrogen-bond acceptors (Lipinski definition) is 3. The molecule has 22 heavy (non-hydrogen) atoms. The van der Waals surface area contributed by atoms with Crippen molar-refractivity contribution in [1.82, 2.24) is 19.2 Å². The molecule has 0 aliphatic carbocycles. The van der Waals surface area contributed by atoms with E-state index in [-0.39, 0.29) is 5.56 Å². The summed E-state index contributed by atoms with van der Waals surface area (Å²) in [5, 5.41) is 4.51. The van der Waals surface area contributed by atoms with Crippen LogP contribution in [0.2, 0.25) is 0 Å². The van der Waals surface area contributed by atoms with Crippen molar-refractivity contribution in [2.75, 3.05) is 0 Å². The highest BCUT2D eigenvalue weighted by Crippen LogP contribution is 2.18. The van der Waals surface area contributed by atoms with Gasteiger partial charge in [0.05, 0.1) is 11.9 Å². The molecule has 6 heteroatoms. The van der Waals surface area contributed by atoms with Gasteiger partial charge in [0.1, 0.15) is 4.60 Å². The molecule has 5 nitrogen and oxygen atoms in total. The van der Waals surface area contributed by atoms with E-state index in [1.165, 1.54) is 0 Å². The van der Waals surface area contributed by atoms with Gasteiger partial charge in [-0.1, -0.05) is 13.8 Å². The number of imidazole rings is 1. The molecule has 0 aliphatic rings. The summed E-state index contributed by atoms with van der Waals surface area (Å²) < 4.78 is 4.24. The van der Waals surface area contributed by atoms with Crippen LogP contribution in [-0.2, 0) is 6.54 Å². The number of pyridine rings is 1. The molecule has 0 aliphatic heterocycles. The molecule has 0 atom stereocenters. The number of fused-ring (bicyclic) bond motifs is 1. The van der Waals surface area contributed by atoms with Gasteiger partial charge in [-0.3, -0.25) is 4.79 Å². The van der Waals surface area contributed by atoms with E-state index in [0.29, 0.717) is 5.92 Å². The molecule has 114 valence electrons. The summed E-state index contributed by atoms with van der Waals surface area (Å²) in [4.78, 5) is 16.4. The fourth-order valence-electron chi connectivity index (χ4n) is 2.25. The Balaban J connectivity index is 1.95. The fourth-order valence-corrected chi connectivity index (χ4v) is 2.61. The second-order valence-corrected chi connectivity index (χ2v) is 6.51. The Kier molecular flexibility index (Phi) is 4.11. The third kappa shape index (κ3) is 2.97. The first-order valence-electron chi connectivity index (χ1n) is 7.26. The maximum Gasteiger partial charge on any atom is 0.251 e. The first kappa shape index (κ1) is 15.0. The largest absolute Gasteiger partial charge is 0.315 e. The molecule has 0 unspecified atom stereocenters. The van der Waals surface area contributed by atoms with Crippen LogP contribution < -0.4 is 5.56 Å². The fraction of sp³-hybridized carbons (Fsp3) is 0.312. The van der Waals surface area contributed by atoms with E-state index >= 15 is 0 Å². The molecule has 3 heterocycles. The van der Waals surface area contributed by atoms with Crippen LogP contribution in [0.5, 0.6) is 0 Å². The van der Waals surface area contributed by atoms with Crippen molar-refractivity contribution in [1.29, 1.82) is 0 Å². The Hall–Kier alpha value is -1.95. The molecular weight excluding hydrogens is 344 g/mol. The van der Waals surface area contributed by atoms with Crippen molar-refractivity contribution < 1.29 is 0 Å². The summed E-state index contributed by atoms with van der Waals surface area (Å²) in [7, 11) is 0. The molecule has 0 amide bonds. The standard InChI is InChI=1S/C16H17BrN4O/c1-11(2)5-7-20-8-6-12(9-16(20)22)13-3-4-15-18-10-14(17)21(15)19-13/h3-4,6,8-11H,5,7H2,1-2H3. The van der Waals surface area contributed by atoms with Crippen molar-refractivity contribution in [3.05, 3.63) is 51.6 Å². The van der Waals surface area contributed by atoms with E-state index in [4.69, 9.17) is 0 Å². The monoisotopic (exact) mass is 360 g/mol. The van der Waals surface area contributed by atoms with Gasteiger partial charge < -0.3 is 4.57 Å². The molecule has 0 N–H and O–H groups in total. The molecule has 0 radical (unpaired) electrons. The van der Waals surface area contributed by atoms with Crippen LogP contribution in [0, 0.1) is 5.92 Å². The number of aryl methyl sites for hydroxylation is 1. The van der Waals surface area contributed by atoms with E-state index < -0.39 is 0 Å². The summed E-state index contributed by atoms with van der Waals surface area (Å²) in [6, 6.07) is 7.33. The van der Waals surface area contributed by atoms with Crippen molar-refractivity contribution >= 4 is 21.6 Å². The van der Waals surface area contributed by atoms with Gasteiger partial charge in [0.2, 0.25) is 0 Å². The van der Waals surface area contributed by atoms with Crippen LogP contribution >= 0.6 is 15.9 Å². The highest BCUT2D eigenvalue weighted by Gasteiger charge is 2.07. The van der Waals surface area contributed by atoms with Gasteiger partial charge in [-0.2, -0.15) is 5.10 Å². The van der Waals surface area contributed by atoms with Gasteiger partial charge in [-0.25, -0.2) is 9.50 Å².